The maximum Gasteiger partial charge on any atom is 0.0377 e. The highest BCUT2D eigenvalue weighted by molar-refractivity contribution is 5.55. The minimum Gasteiger partial charge on any atom is -0.382 e. The van der Waals surface area contributed by atoms with Crippen LogP contribution >= 0.6 is 0 Å². The second kappa shape index (κ2) is 2.81. The fourth-order valence-electron chi connectivity index (χ4n) is 2.04. The Morgan fingerprint density at radius 3 is 2.83 bits per heavy atom. The van der Waals surface area contributed by atoms with Gasteiger partial charge in [0.1, 0.15) is 0 Å². The van der Waals surface area contributed by atoms with Crippen molar-refractivity contribution in [3.63, 3.8) is 0 Å². The van der Waals surface area contributed by atoms with Crippen LogP contribution in [0.3, 0.4) is 0 Å². The number of hydrogen-bond donors (Lipinski definition) is 1. The zero-order chi connectivity index (χ0) is 8.55. The van der Waals surface area contributed by atoms with Crippen molar-refractivity contribution in [2.45, 2.75) is 32.2 Å². The number of rotatable bonds is 0. The van der Waals surface area contributed by atoms with Crippen molar-refractivity contribution >= 4 is 5.69 Å². The molecule has 1 heterocycles. The van der Waals surface area contributed by atoms with Crippen molar-refractivity contribution in [1.29, 1.82) is 0 Å². The predicted molar refractivity (Wildman–Crippen MR) is 52.6 cm³/mol. The maximum absolute atomic E-state index is 3.49. The highest BCUT2D eigenvalue weighted by Crippen LogP contribution is 2.33. The van der Waals surface area contributed by atoms with E-state index in [1.54, 1.807) is 0 Å². The van der Waals surface area contributed by atoms with E-state index in [0.29, 0.717) is 12.0 Å². The third-order valence-corrected chi connectivity index (χ3v) is 2.60. The van der Waals surface area contributed by atoms with Gasteiger partial charge in [0.2, 0.25) is 0 Å². The molecule has 0 spiro atoms. The summed E-state index contributed by atoms with van der Waals surface area (Å²) in [6.07, 6.45) is 1.25. The van der Waals surface area contributed by atoms with E-state index in [4.69, 9.17) is 0 Å². The predicted octanol–water partition coefficient (Wildman–Crippen LogP) is 2.99. The van der Waals surface area contributed by atoms with E-state index >= 15 is 0 Å². The van der Waals surface area contributed by atoms with Crippen LogP contribution in [-0.2, 0) is 0 Å². The molecule has 1 aromatic carbocycles. The molecule has 1 heteroatoms. The van der Waals surface area contributed by atoms with Gasteiger partial charge in [-0.25, -0.2) is 0 Å². The third kappa shape index (κ3) is 1.20. The number of fused-ring (bicyclic) bond motifs is 1. The van der Waals surface area contributed by atoms with E-state index in [2.05, 4.69) is 43.4 Å². The second-order valence-electron chi connectivity index (χ2n) is 3.77. The molecule has 1 N–H and O–H groups in total. The molecule has 1 aliphatic rings. The largest absolute Gasteiger partial charge is 0.382 e. The normalized spacial score (nSPS) is 27.5. The summed E-state index contributed by atoms with van der Waals surface area (Å²) >= 11 is 0. The zero-order valence-electron chi connectivity index (χ0n) is 7.67. The molecule has 1 aromatic rings. The molecule has 0 amide bonds. The van der Waals surface area contributed by atoms with Crippen LogP contribution in [0.25, 0.3) is 0 Å². The Balaban J connectivity index is 2.40. The van der Waals surface area contributed by atoms with Gasteiger partial charge < -0.3 is 5.32 Å². The van der Waals surface area contributed by atoms with Gasteiger partial charge in [0, 0.05) is 11.7 Å². The average Bonchev–Trinajstić information content (AvgIpc) is 2.04. The van der Waals surface area contributed by atoms with E-state index in [9.17, 15) is 0 Å². The van der Waals surface area contributed by atoms with E-state index in [-0.39, 0.29) is 0 Å². The SMILES string of the molecule is C[C@@H]1C[C@H](C)c2ccccc2N1. The van der Waals surface area contributed by atoms with Gasteiger partial charge in [-0.3, -0.25) is 0 Å². The fraction of sp³-hybridized carbons (Fsp3) is 0.455. The monoisotopic (exact) mass is 161 g/mol. The quantitative estimate of drug-likeness (QED) is 0.616. The topological polar surface area (TPSA) is 12.0 Å². The summed E-state index contributed by atoms with van der Waals surface area (Å²) < 4.78 is 0. The molecule has 0 saturated carbocycles. The van der Waals surface area contributed by atoms with Crippen LogP contribution < -0.4 is 5.32 Å². The molecule has 0 aliphatic carbocycles. The Kier molecular flexibility index (Phi) is 1.80. The molecule has 1 aliphatic heterocycles. The fourth-order valence-corrected chi connectivity index (χ4v) is 2.04. The Morgan fingerprint density at radius 2 is 2.00 bits per heavy atom. The van der Waals surface area contributed by atoms with Gasteiger partial charge >= 0.3 is 0 Å². The standard InChI is InChI=1S/C11H15N/c1-8-7-9(2)12-11-6-4-3-5-10(8)11/h3-6,8-9,12H,7H2,1-2H3/t8-,9+/m0/s1. The maximum atomic E-state index is 3.49. The van der Waals surface area contributed by atoms with Crippen molar-refractivity contribution in [2.24, 2.45) is 0 Å². The van der Waals surface area contributed by atoms with Gasteiger partial charge in [-0.1, -0.05) is 25.1 Å². The highest BCUT2D eigenvalue weighted by atomic mass is 14.9. The van der Waals surface area contributed by atoms with Crippen LogP contribution in [0.1, 0.15) is 31.7 Å². The Labute approximate surface area is 73.8 Å². The number of anilines is 1. The summed E-state index contributed by atoms with van der Waals surface area (Å²) in [6, 6.07) is 9.22. The van der Waals surface area contributed by atoms with Crippen molar-refractivity contribution in [3.05, 3.63) is 29.8 Å². The molecule has 0 unspecified atom stereocenters. The van der Waals surface area contributed by atoms with Crippen molar-refractivity contribution in [3.8, 4) is 0 Å². The first-order chi connectivity index (χ1) is 5.77. The van der Waals surface area contributed by atoms with Gasteiger partial charge in [0.25, 0.3) is 0 Å². The molecule has 2 rings (SSSR count). The first-order valence-electron chi connectivity index (χ1n) is 4.63. The lowest BCUT2D eigenvalue weighted by Gasteiger charge is -2.28. The number of para-hydroxylation sites is 1. The lowest BCUT2D eigenvalue weighted by molar-refractivity contribution is 0.590. The first kappa shape index (κ1) is 7.66. The van der Waals surface area contributed by atoms with Gasteiger partial charge in [-0.05, 0) is 30.9 Å². The van der Waals surface area contributed by atoms with Gasteiger partial charge in [0.15, 0.2) is 0 Å². The van der Waals surface area contributed by atoms with Crippen LogP contribution in [0.15, 0.2) is 24.3 Å². The van der Waals surface area contributed by atoms with E-state index in [1.807, 2.05) is 0 Å². The number of hydrogen-bond acceptors (Lipinski definition) is 1. The molecular weight excluding hydrogens is 146 g/mol. The molecule has 64 valence electrons. The Bertz CT molecular complexity index is 280. The van der Waals surface area contributed by atoms with Gasteiger partial charge in [-0.2, -0.15) is 0 Å². The summed E-state index contributed by atoms with van der Waals surface area (Å²) in [4.78, 5) is 0. The van der Waals surface area contributed by atoms with Crippen LogP contribution in [0.5, 0.6) is 0 Å². The molecule has 0 saturated heterocycles. The second-order valence-corrected chi connectivity index (χ2v) is 3.77. The summed E-state index contributed by atoms with van der Waals surface area (Å²) in [6.45, 7) is 4.54. The molecule has 0 bridgehead atoms. The number of nitrogens with one attached hydrogen (secondary N) is 1. The highest BCUT2D eigenvalue weighted by Gasteiger charge is 2.19. The van der Waals surface area contributed by atoms with Crippen molar-refractivity contribution < 1.29 is 0 Å². The zero-order valence-corrected chi connectivity index (χ0v) is 7.67. The minimum absolute atomic E-state index is 0.620. The van der Waals surface area contributed by atoms with Crippen LogP contribution in [0.4, 0.5) is 5.69 Å². The molecule has 12 heavy (non-hydrogen) atoms. The van der Waals surface area contributed by atoms with E-state index in [1.165, 1.54) is 17.7 Å². The molecule has 1 nitrogen and oxygen atoms in total. The van der Waals surface area contributed by atoms with Crippen molar-refractivity contribution in [2.75, 3.05) is 5.32 Å². The van der Waals surface area contributed by atoms with E-state index < -0.39 is 0 Å². The Morgan fingerprint density at radius 1 is 1.25 bits per heavy atom. The lowest BCUT2D eigenvalue weighted by atomic mass is 9.89. The summed E-state index contributed by atoms with van der Waals surface area (Å²) in [5.41, 5.74) is 2.79. The average molecular weight is 161 g/mol. The Hall–Kier alpha value is -0.980. The van der Waals surface area contributed by atoms with Gasteiger partial charge in [-0.15, -0.1) is 0 Å². The molecule has 0 aromatic heterocycles. The molecular formula is C11H15N. The molecule has 0 fully saturated rings. The molecule has 0 radical (unpaired) electrons. The van der Waals surface area contributed by atoms with Crippen LogP contribution in [-0.4, -0.2) is 6.04 Å². The smallest absolute Gasteiger partial charge is 0.0377 e. The van der Waals surface area contributed by atoms with E-state index in [0.717, 1.165) is 0 Å². The summed E-state index contributed by atoms with van der Waals surface area (Å²) in [7, 11) is 0. The third-order valence-electron chi connectivity index (χ3n) is 2.60. The summed E-state index contributed by atoms with van der Waals surface area (Å²) in [5, 5.41) is 3.49. The van der Waals surface area contributed by atoms with Crippen LogP contribution in [0, 0.1) is 0 Å². The summed E-state index contributed by atoms with van der Waals surface area (Å²) in [5.74, 6) is 0.706. The first-order valence-corrected chi connectivity index (χ1v) is 4.63. The minimum atomic E-state index is 0.620. The van der Waals surface area contributed by atoms with Gasteiger partial charge in [0.05, 0.1) is 0 Å². The van der Waals surface area contributed by atoms with Crippen LogP contribution in [0.2, 0.25) is 0 Å². The molecule has 2 atom stereocenters. The van der Waals surface area contributed by atoms with Crippen molar-refractivity contribution in [1.82, 2.24) is 0 Å². The number of benzene rings is 1. The lowest BCUT2D eigenvalue weighted by Crippen LogP contribution is -2.23.